The zero-order chi connectivity index (χ0) is 11.6. The summed E-state index contributed by atoms with van der Waals surface area (Å²) in [7, 11) is 1.78. The maximum atomic E-state index is 12.0. The first-order valence-corrected chi connectivity index (χ1v) is 6.70. The van der Waals surface area contributed by atoms with Crippen LogP contribution >= 0.6 is 38.9 Å². The number of carbonyl (C=O) groups is 1. The van der Waals surface area contributed by atoms with Crippen molar-refractivity contribution in [3.05, 3.63) is 20.3 Å². The Balaban J connectivity index is 2.85. The molecule has 2 nitrogen and oxygen atoms in total. The summed E-state index contributed by atoms with van der Waals surface area (Å²) >= 11 is 10.6. The lowest BCUT2D eigenvalue weighted by atomic mass is 10.3. The standard InChI is InChI=1S/C10H13BrClNOS/c1-6-4-8(15-9(6)11)10(14)13(3)7(2)5-12/h4,7H,5H2,1-3H3. The van der Waals surface area contributed by atoms with Crippen molar-refractivity contribution in [3.63, 3.8) is 0 Å². The fourth-order valence-corrected chi connectivity index (χ4v) is 2.77. The molecule has 84 valence electrons. The molecule has 1 aromatic rings. The molecule has 0 bridgehead atoms. The predicted molar refractivity (Wildman–Crippen MR) is 69.0 cm³/mol. The number of alkyl halides is 1. The van der Waals surface area contributed by atoms with Gasteiger partial charge < -0.3 is 4.90 Å². The summed E-state index contributed by atoms with van der Waals surface area (Å²) in [6.45, 7) is 3.91. The first kappa shape index (κ1) is 13.0. The van der Waals surface area contributed by atoms with Gasteiger partial charge in [-0.15, -0.1) is 22.9 Å². The van der Waals surface area contributed by atoms with Crippen LogP contribution in [-0.4, -0.2) is 29.8 Å². The fourth-order valence-electron chi connectivity index (χ4n) is 1.04. The molecule has 0 radical (unpaired) electrons. The van der Waals surface area contributed by atoms with E-state index < -0.39 is 0 Å². The third-order valence-electron chi connectivity index (χ3n) is 2.27. The molecule has 1 unspecified atom stereocenters. The highest BCUT2D eigenvalue weighted by Gasteiger charge is 2.19. The maximum absolute atomic E-state index is 12.0. The first-order valence-electron chi connectivity index (χ1n) is 4.56. The number of aryl methyl sites for hydroxylation is 1. The number of hydrogen-bond acceptors (Lipinski definition) is 2. The molecule has 1 aromatic heterocycles. The van der Waals surface area contributed by atoms with Crippen molar-refractivity contribution in [2.75, 3.05) is 12.9 Å². The number of amides is 1. The van der Waals surface area contributed by atoms with Gasteiger partial charge in [0.05, 0.1) is 8.66 Å². The van der Waals surface area contributed by atoms with Gasteiger partial charge >= 0.3 is 0 Å². The summed E-state index contributed by atoms with van der Waals surface area (Å²) in [5, 5.41) is 0. The molecule has 0 saturated carbocycles. The average Bonchev–Trinajstić information content (AvgIpc) is 2.56. The SMILES string of the molecule is Cc1cc(C(=O)N(C)C(C)CCl)sc1Br. The molecular weight excluding hydrogens is 298 g/mol. The van der Waals surface area contributed by atoms with Gasteiger partial charge in [0.15, 0.2) is 0 Å². The Kier molecular flexibility index (Phi) is 4.62. The van der Waals surface area contributed by atoms with Crippen LogP contribution in [0.25, 0.3) is 0 Å². The van der Waals surface area contributed by atoms with Gasteiger partial charge in [0.25, 0.3) is 5.91 Å². The molecule has 0 spiro atoms. The van der Waals surface area contributed by atoms with E-state index in [1.807, 2.05) is 19.9 Å². The molecular formula is C10H13BrClNOS. The molecule has 0 aliphatic rings. The van der Waals surface area contributed by atoms with Crippen molar-refractivity contribution in [2.45, 2.75) is 19.9 Å². The molecule has 0 N–H and O–H groups in total. The molecule has 0 fully saturated rings. The van der Waals surface area contributed by atoms with Gasteiger partial charge in [0.1, 0.15) is 0 Å². The van der Waals surface area contributed by atoms with Crippen LogP contribution in [0.3, 0.4) is 0 Å². The van der Waals surface area contributed by atoms with Crippen LogP contribution in [0.5, 0.6) is 0 Å². The molecule has 0 aliphatic heterocycles. The van der Waals surface area contributed by atoms with E-state index in [0.717, 1.165) is 14.2 Å². The van der Waals surface area contributed by atoms with Crippen molar-refractivity contribution in [2.24, 2.45) is 0 Å². The molecule has 1 heterocycles. The van der Waals surface area contributed by atoms with Crippen LogP contribution in [0.15, 0.2) is 9.85 Å². The van der Waals surface area contributed by atoms with Crippen molar-refractivity contribution in [3.8, 4) is 0 Å². The summed E-state index contributed by atoms with van der Waals surface area (Å²) in [5.41, 5.74) is 1.09. The molecule has 1 rings (SSSR count). The van der Waals surface area contributed by atoms with Crippen molar-refractivity contribution in [1.82, 2.24) is 4.90 Å². The van der Waals surface area contributed by atoms with Crippen LogP contribution in [0.4, 0.5) is 0 Å². The zero-order valence-electron chi connectivity index (χ0n) is 8.88. The van der Waals surface area contributed by atoms with Gasteiger partial charge in [0.2, 0.25) is 0 Å². The zero-order valence-corrected chi connectivity index (χ0v) is 12.0. The van der Waals surface area contributed by atoms with Crippen molar-refractivity contribution in [1.29, 1.82) is 0 Å². The number of hydrogen-bond donors (Lipinski definition) is 0. The second-order valence-corrected chi connectivity index (χ2v) is 6.17. The molecule has 5 heteroatoms. The van der Waals surface area contributed by atoms with Crippen LogP contribution in [-0.2, 0) is 0 Å². The van der Waals surface area contributed by atoms with Gasteiger partial charge in [-0.2, -0.15) is 0 Å². The van der Waals surface area contributed by atoms with E-state index >= 15 is 0 Å². The molecule has 15 heavy (non-hydrogen) atoms. The summed E-state index contributed by atoms with van der Waals surface area (Å²) < 4.78 is 1.01. The Labute approximate surface area is 107 Å². The molecule has 1 amide bonds. The maximum Gasteiger partial charge on any atom is 0.263 e. The summed E-state index contributed by atoms with van der Waals surface area (Å²) in [6.07, 6.45) is 0. The van der Waals surface area contributed by atoms with Crippen LogP contribution < -0.4 is 0 Å². The number of rotatable bonds is 3. The fraction of sp³-hybridized carbons (Fsp3) is 0.500. The third-order valence-corrected chi connectivity index (χ3v) is 4.84. The number of nitrogens with zero attached hydrogens (tertiary/aromatic N) is 1. The summed E-state index contributed by atoms with van der Waals surface area (Å²) in [5.74, 6) is 0.482. The van der Waals surface area contributed by atoms with Crippen LogP contribution in [0.1, 0.15) is 22.2 Å². The lowest BCUT2D eigenvalue weighted by Gasteiger charge is -2.22. The molecule has 0 aromatic carbocycles. The second kappa shape index (κ2) is 5.32. The van der Waals surface area contributed by atoms with Gasteiger partial charge in [-0.1, -0.05) is 0 Å². The highest BCUT2D eigenvalue weighted by Crippen LogP contribution is 2.28. The topological polar surface area (TPSA) is 20.3 Å². The minimum absolute atomic E-state index is 0.0296. The Morgan fingerprint density at radius 1 is 1.73 bits per heavy atom. The van der Waals surface area contributed by atoms with E-state index in [2.05, 4.69) is 15.9 Å². The van der Waals surface area contributed by atoms with E-state index in [-0.39, 0.29) is 11.9 Å². The summed E-state index contributed by atoms with van der Waals surface area (Å²) in [6, 6.07) is 1.95. The number of thiophene rings is 1. The molecule has 0 saturated heterocycles. The minimum Gasteiger partial charge on any atom is -0.337 e. The highest BCUT2D eigenvalue weighted by atomic mass is 79.9. The van der Waals surface area contributed by atoms with Crippen LogP contribution in [0.2, 0.25) is 0 Å². The quantitative estimate of drug-likeness (QED) is 0.782. The molecule has 0 aliphatic carbocycles. The van der Waals surface area contributed by atoms with E-state index in [4.69, 9.17) is 11.6 Å². The Morgan fingerprint density at radius 2 is 2.33 bits per heavy atom. The average molecular weight is 311 g/mol. The first-order chi connectivity index (χ1) is 6.97. The Hall–Kier alpha value is -0.0600. The van der Waals surface area contributed by atoms with Crippen molar-refractivity contribution < 1.29 is 4.79 Å². The molecule has 1 atom stereocenters. The lowest BCUT2D eigenvalue weighted by Crippen LogP contribution is -2.35. The number of carbonyl (C=O) groups excluding carboxylic acids is 1. The smallest absolute Gasteiger partial charge is 0.263 e. The van der Waals surface area contributed by atoms with Gasteiger partial charge in [-0.25, -0.2) is 0 Å². The third kappa shape index (κ3) is 2.95. The van der Waals surface area contributed by atoms with E-state index in [1.54, 1.807) is 11.9 Å². The highest BCUT2D eigenvalue weighted by molar-refractivity contribution is 9.11. The normalized spacial score (nSPS) is 12.6. The van der Waals surface area contributed by atoms with Crippen molar-refractivity contribution >= 4 is 44.8 Å². The van der Waals surface area contributed by atoms with Crippen LogP contribution in [0, 0.1) is 6.92 Å². The van der Waals surface area contributed by atoms with E-state index in [0.29, 0.717) is 5.88 Å². The van der Waals surface area contributed by atoms with Gasteiger partial charge in [-0.3, -0.25) is 4.79 Å². The Morgan fingerprint density at radius 3 is 2.73 bits per heavy atom. The monoisotopic (exact) mass is 309 g/mol. The number of halogens is 2. The van der Waals surface area contributed by atoms with Gasteiger partial charge in [0, 0.05) is 19.0 Å². The largest absolute Gasteiger partial charge is 0.337 e. The second-order valence-electron chi connectivity index (χ2n) is 3.49. The van der Waals surface area contributed by atoms with E-state index in [9.17, 15) is 4.79 Å². The predicted octanol–water partition coefficient (Wildman–Crippen LogP) is 3.52. The van der Waals surface area contributed by atoms with E-state index in [1.165, 1.54) is 11.3 Å². The van der Waals surface area contributed by atoms with Gasteiger partial charge in [-0.05, 0) is 41.4 Å². The summed E-state index contributed by atoms with van der Waals surface area (Å²) in [4.78, 5) is 14.4. The Bertz CT molecular complexity index is 347. The lowest BCUT2D eigenvalue weighted by molar-refractivity contribution is 0.0761. The minimum atomic E-state index is 0.0296.